The number of nitrogens with zero attached hydrogens (tertiary/aromatic N) is 3. The standard InChI is InChI=1S/C14H21Cl2N3OSi/c1-14(2,3)21(4,5)20-7-6-19-9-17-12-10(15)8-11(16)18-13(12)19/h8-9H,6-7H2,1-5H3. The highest BCUT2D eigenvalue weighted by atomic mass is 35.5. The van der Waals surface area contributed by atoms with Crippen LogP contribution >= 0.6 is 23.2 Å². The molecular weight excluding hydrogens is 325 g/mol. The van der Waals surface area contributed by atoms with Gasteiger partial charge in [0.05, 0.1) is 18.0 Å². The molecule has 4 nitrogen and oxygen atoms in total. The molecule has 0 fully saturated rings. The molecule has 0 N–H and O–H groups in total. The number of pyridine rings is 1. The van der Waals surface area contributed by atoms with Crippen molar-refractivity contribution in [1.29, 1.82) is 0 Å². The van der Waals surface area contributed by atoms with Crippen molar-refractivity contribution >= 4 is 42.7 Å². The van der Waals surface area contributed by atoms with Crippen LogP contribution in [-0.2, 0) is 11.0 Å². The van der Waals surface area contributed by atoms with Crippen molar-refractivity contribution in [3.63, 3.8) is 0 Å². The van der Waals surface area contributed by atoms with E-state index in [1.165, 1.54) is 0 Å². The van der Waals surface area contributed by atoms with E-state index in [0.717, 1.165) is 0 Å². The number of fused-ring (bicyclic) bond motifs is 1. The smallest absolute Gasteiger partial charge is 0.192 e. The number of hydrogen-bond donors (Lipinski definition) is 0. The van der Waals surface area contributed by atoms with Gasteiger partial charge < -0.3 is 8.99 Å². The van der Waals surface area contributed by atoms with Crippen LogP contribution in [0.1, 0.15) is 20.8 Å². The molecule has 2 rings (SSSR count). The van der Waals surface area contributed by atoms with E-state index in [1.807, 2.05) is 4.57 Å². The van der Waals surface area contributed by atoms with Crippen LogP contribution in [0.4, 0.5) is 0 Å². The van der Waals surface area contributed by atoms with Crippen LogP contribution in [-0.4, -0.2) is 29.5 Å². The molecule has 0 unspecified atom stereocenters. The van der Waals surface area contributed by atoms with E-state index in [2.05, 4.69) is 43.8 Å². The molecular formula is C14H21Cl2N3OSi. The van der Waals surface area contributed by atoms with Gasteiger partial charge in [0.15, 0.2) is 14.0 Å². The Labute approximate surface area is 136 Å². The maximum atomic E-state index is 6.17. The molecule has 0 amide bonds. The molecule has 0 saturated heterocycles. The van der Waals surface area contributed by atoms with Gasteiger partial charge in [-0.05, 0) is 24.2 Å². The van der Waals surface area contributed by atoms with Crippen molar-refractivity contribution in [1.82, 2.24) is 14.5 Å². The lowest BCUT2D eigenvalue weighted by Crippen LogP contribution is -2.41. The predicted octanol–water partition coefficient (Wildman–Crippen LogP) is 4.76. The highest BCUT2D eigenvalue weighted by Gasteiger charge is 2.36. The summed E-state index contributed by atoms with van der Waals surface area (Å²) in [6, 6.07) is 1.61. The Kier molecular flexibility index (Phi) is 4.68. The fourth-order valence-electron chi connectivity index (χ4n) is 1.75. The molecule has 21 heavy (non-hydrogen) atoms. The van der Waals surface area contributed by atoms with Crippen molar-refractivity contribution in [2.24, 2.45) is 0 Å². The summed E-state index contributed by atoms with van der Waals surface area (Å²) >= 11 is 12.1. The van der Waals surface area contributed by atoms with Crippen LogP contribution in [0.15, 0.2) is 12.4 Å². The third-order valence-corrected chi connectivity index (χ3v) is 9.12. The zero-order valence-electron chi connectivity index (χ0n) is 13.1. The van der Waals surface area contributed by atoms with E-state index in [9.17, 15) is 0 Å². The van der Waals surface area contributed by atoms with E-state index in [4.69, 9.17) is 27.6 Å². The van der Waals surface area contributed by atoms with Crippen LogP contribution in [0, 0.1) is 0 Å². The zero-order valence-corrected chi connectivity index (χ0v) is 15.6. The highest BCUT2D eigenvalue weighted by molar-refractivity contribution is 6.74. The average molecular weight is 346 g/mol. The molecule has 116 valence electrons. The Morgan fingerprint density at radius 1 is 1.29 bits per heavy atom. The molecule has 0 bridgehead atoms. The first-order valence-electron chi connectivity index (χ1n) is 6.93. The quantitative estimate of drug-likeness (QED) is 0.592. The lowest BCUT2D eigenvalue weighted by Gasteiger charge is -2.36. The second-order valence-corrected chi connectivity index (χ2v) is 12.2. The van der Waals surface area contributed by atoms with Crippen LogP contribution in [0.25, 0.3) is 11.2 Å². The molecule has 2 aromatic rings. The zero-order chi connectivity index (χ0) is 15.8. The second kappa shape index (κ2) is 5.87. The third-order valence-electron chi connectivity index (χ3n) is 4.10. The van der Waals surface area contributed by atoms with E-state index in [-0.39, 0.29) is 5.04 Å². The Morgan fingerprint density at radius 3 is 2.57 bits per heavy atom. The van der Waals surface area contributed by atoms with Crippen molar-refractivity contribution in [3.8, 4) is 0 Å². The molecule has 0 radical (unpaired) electrons. The van der Waals surface area contributed by atoms with Gasteiger partial charge in [0.25, 0.3) is 0 Å². The van der Waals surface area contributed by atoms with Gasteiger partial charge in [0.2, 0.25) is 0 Å². The molecule has 0 saturated carbocycles. The number of halogens is 2. The second-order valence-electron chi connectivity index (χ2n) is 6.65. The Balaban J connectivity index is 2.12. The largest absolute Gasteiger partial charge is 0.415 e. The fraction of sp³-hybridized carbons (Fsp3) is 0.571. The summed E-state index contributed by atoms with van der Waals surface area (Å²) in [5.41, 5.74) is 1.37. The van der Waals surface area contributed by atoms with E-state index < -0.39 is 8.32 Å². The monoisotopic (exact) mass is 345 g/mol. The topological polar surface area (TPSA) is 39.9 Å². The minimum absolute atomic E-state index is 0.203. The van der Waals surface area contributed by atoms with E-state index >= 15 is 0 Å². The Bertz CT molecular complexity index is 649. The molecule has 0 spiro atoms. The number of hydrogen-bond acceptors (Lipinski definition) is 3. The van der Waals surface area contributed by atoms with E-state index in [1.54, 1.807) is 12.4 Å². The maximum Gasteiger partial charge on any atom is 0.192 e. The van der Waals surface area contributed by atoms with Gasteiger partial charge in [-0.1, -0.05) is 44.0 Å². The lowest BCUT2D eigenvalue weighted by molar-refractivity contribution is 0.273. The summed E-state index contributed by atoms with van der Waals surface area (Å²) in [7, 11) is -1.73. The van der Waals surface area contributed by atoms with Gasteiger partial charge in [0.1, 0.15) is 10.7 Å². The lowest BCUT2D eigenvalue weighted by atomic mass is 10.2. The van der Waals surface area contributed by atoms with Crippen molar-refractivity contribution in [3.05, 3.63) is 22.6 Å². The highest BCUT2D eigenvalue weighted by Crippen LogP contribution is 2.36. The predicted molar refractivity (Wildman–Crippen MR) is 90.7 cm³/mol. The maximum absolute atomic E-state index is 6.17. The first-order valence-corrected chi connectivity index (χ1v) is 10.6. The molecule has 7 heteroatoms. The third kappa shape index (κ3) is 3.59. The molecule has 0 aliphatic carbocycles. The molecule has 2 aromatic heterocycles. The van der Waals surface area contributed by atoms with Gasteiger partial charge in [-0.2, -0.15) is 0 Å². The summed E-state index contributed by atoms with van der Waals surface area (Å²) in [4.78, 5) is 8.59. The normalized spacial score (nSPS) is 13.1. The molecule has 0 atom stereocenters. The van der Waals surface area contributed by atoms with Crippen molar-refractivity contribution in [2.75, 3.05) is 6.61 Å². The first kappa shape index (κ1) is 16.7. The van der Waals surface area contributed by atoms with Gasteiger partial charge in [-0.3, -0.25) is 0 Å². The molecule has 0 aliphatic heterocycles. The summed E-state index contributed by atoms with van der Waals surface area (Å²) in [6.07, 6.45) is 1.73. The average Bonchev–Trinajstić information content (AvgIpc) is 2.71. The number of rotatable bonds is 4. The molecule has 0 aliphatic rings. The van der Waals surface area contributed by atoms with Gasteiger partial charge >= 0.3 is 0 Å². The summed E-state index contributed by atoms with van der Waals surface area (Å²) in [5.74, 6) is 0. The molecule has 2 heterocycles. The van der Waals surface area contributed by atoms with Crippen LogP contribution in [0.5, 0.6) is 0 Å². The fourth-order valence-corrected chi connectivity index (χ4v) is 3.26. The van der Waals surface area contributed by atoms with Gasteiger partial charge in [-0.15, -0.1) is 0 Å². The molecule has 0 aromatic carbocycles. The SMILES string of the molecule is CC(C)(C)[Si](C)(C)OCCn1cnc2c(Cl)cc(Cl)nc21. The Hall–Kier alpha value is -0.623. The van der Waals surface area contributed by atoms with Gasteiger partial charge in [0, 0.05) is 6.54 Å². The minimum atomic E-state index is -1.73. The van der Waals surface area contributed by atoms with Crippen LogP contribution in [0.3, 0.4) is 0 Å². The minimum Gasteiger partial charge on any atom is -0.415 e. The summed E-state index contributed by atoms with van der Waals surface area (Å²) < 4.78 is 8.10. The first-order chi connectivity index (χ1) is 9.62. The number of aromatic nitrogens is 3. The van der Waals surface area contributed by atoms with Crippen molar-refractivity contribution in [2.45, 2.75) is 45.4 Å². The van der Waals surface area contributed by atoms with Gasteiger partial charge in [-0.25, -0.2) is 9.97 Å². The number of imidazole rings is 1. The van der Waals surface area contributed by atoms with Crippen LogP contribution in [0.2, 0.25) is 28.3 Å². The van der Waals surface area contributed by atoms with Crippen molar-refractivity contribution < 1.29 is 4.43 Å². The summed E-state index contributed by atoms with van der Waals surface area (Å²) in [5, 5.41) is 1.10. The van der Waals surface area contributed by atoms with Crippen LogP contribution < -0.4 is 0 Å². The summed E-state index contributed by atoms with van der Waals surface area (Å²) in [6.45, 7) is 12.5. The van der Waals surface area contributed by atoms with E-state index in [0.29, 0.717) is 34.5 Å². The Morgan fingerprint density at radius 2 is 1.95 bits per heavy atom.